The first-order valence-corrected chi connectivity index (χ1v) is 7.51. The number of aryl methyl sites for hydroxylation is 3. The summed E-state index contributed by atoms with van der Waals surface area (Å²) >= 11 is -1.87. The number of hydrogen-bond acceptors (Lipinski definition) is 2. The van der Waals surface area contributed by atoms with E-state index in [-0.39, 0.29) is 5.75 Å². The van der Waals surface area contributed by atoms with Gasteiger partial charge in [0.1, 0.15) is 5.82 Å². The minimum atomic E-state index is -1.87. The first kappa shape index (κ1) is 14.0. The van der Waals surface area contributed by atoms with E-state index in [9.17, 15) is 4.21 Å². The number of H-pyrrole nitrogens is 1. The number of nitrogens with zero attached hydrogens (tertiary/aromatic N) is 1. The van der Waals surface area contributed by atoms with Gasteiger partial charge in [-0.15, -0.1) is 0 Å². The van der Waals surface area contributed by atoms with Crippen molar-refractivity contribution < 1.29 is 8.76 Å². The van der Waals surface area contributed by atoms with Gasteiger partial charge in [-0.25, -0.2) is 9.19 Å². The van der Waals surface area contributed by atoms with Crippen molar-refractivity contribution in [1.82, 2.24) is 9.97 Å². The monoisotopic (exact) mass is 278 g/mol. The summed E-state index contributed by atoms with van der Waals surface area (Å²) < 4.78 is 20.1. The maximum absolute atomic E-state index is 11.0. The van der Waals surface area contributed by atoms with Gasteiger partial charge in [-0.2, -0.15) is 0 Å². The highest BCUT2D eigenvalue weighted by Gasteiger charge is 2.15. The molecule has 0 aliphatic carbocycles. The van der Waals surface area contributed by atoms with Crippen molar-refractivity contribution in [1.29, 1.82) is 0 Å². The van der Waals surface area contributed by atoms with Crippen molar-refractivity contribution in [3.05, 3.63) is 40.8 Å². The smallest absolute Gasteiger partial charge is 0.158 e. The van der Waals surface area contributed by atoms with Crippen LogP contribution in [-0.2, 0) is 23.3 Å². The lowest BCUT2D eigenvalue weighted by atomic mass is 9.99. The summed E-state index contributed by atoms with van der Waals surface area (Å²) in [5.41, 5.74) is 4.96. The predicted molar refractivity (Wildman–Crippen MR) is 77.4 cm³/mol. The van der Waals surface area contributed by atoms with E-state index >= 15 is 0 Å². The van der Waals surface area contributed by atoms with Gasteiger partial charge in [-0.3, -0.25) is 0 Å². The zero-order valence-corrected chi connectivity index (χ0v) is 12.2. The summed E-state index contributed by atoms with van der Waals surface area (Å²) in [5, 5.41) is 0. The fourth-order valence-electron chi connectivity index (χ4n) is 2.24. The zero-order chi connectivity index (χ0) is 14.0. The Kier molecular flexibility index (Phi) is 4.17. The van der Waals surface area contributed by atoms with Gasteiger partial charge < -0.3 is 9.54 Å². The highest BCUT2D eigenvalue weighted by atomic mass is 32.2. The Hall–Kier alpha value is -1.46. The molecule has 0 spiro atoms. The van der Waals surface area contributed by atoms with E-state index in [1.165, 1.54) is 11.1 Å². The second-order valence-corrected chi connectivity index (χ2v) is 5.56. The molecule has 1 aromatic carbocycles. The average Bonchev–Trinajstić information content (AvgIpc) is 2.69. The molecule has 5 heteroatoms. The van der Waals surface area contributed by atoms with Crippen molar-refractivity contribution in [3.63, 3.8) is 0 Å². The lowest BCUT2D eigenvalue weighted by molar-refractivity contribution is 0.563. The SMILES string of the molecule is CCc1cc(C)ccc1-c1nc(C)[nH]c1CS(=O)O. The molecule has 0 amide bonds. The van der Waals surface area contributed by atoms with Crippen molar-refractivity contribution in [2.75, 3.05) is 0 Å². The first-order chi connectivity index (χ1) is 9.01. The van der Waals surface area contributed by atoms with E-state index in [0.29, 0.717) is 0 Å². The van der Waals surface area contributed by atoms with Crippen LogP contribution in [0.15, 0.2) is 18.2 Å². The minimum Gasteiger partial charge on any atom is -0.345 e. The Morgan fingerprint density at radius 3 is 2.74 bits per heavy atom. The van der Waals surface area contributed by atoms with Crippen LogP contribution in [0.3, 0.4) is 0 Å². The highest BCUT2D eigenvalue weighted by molar-refractivity contribution is 7.78. The normalized spacial score (nSPS) is 12.6. The first-order valence-electron chi connectivity index (χ1n) is 6.24. The molecule has 1 aromatic heterocycles. The Bertz CT molecular complexity index is 620. The lowest BCUT2D eigenvalue weighted by Crippen LogP contribution is -1.97. The molecule has 0 saturated heterocycles. The Morgan fingerprint density at radius 1 is 1.37 bits per heavy atom. The second-order valence-electron chi connectivity index (χ2n) is 4.63. The Labute approximate surface area is 115 Å². The van der Waals surface area contributed by atoms with Gasteiger partial charge in [0.05, 0.1) is 17.1 Å². The molecule has 0 fully saturated rings. The van der Waals surface area contributed by atoms with Gasteiger partial charge in [0, 0.05) is 5.56 Å². The predicted octanol–water partition coefficient (Wildman–Crippen LogP) is 2.98. The van der Waals surface area contributed by atoms with Crippen LogP contribution in [0.5, 0.6) is 0 Å². The summed E-state index contributed by atoms with van der Waals surface area (Å²) in [6, 6.07) is 6.21. The topological polar surface area (TPSA) is 66.0 Å². The average molecular weight is 278 g/mol. The summed E-state index contributed by atoms with van der Waals surface area (Å²) in [6.45, 7) is 6.01. The third-order valence-electron chi connectivity index (χ3n) is 3.06. The number of imidazole rings is 1. The van der Waals surface area contributed by atoms with Crippen molar-refractivity contribution >= 4 is 11.1 Å². The largest absolute Gasteiger partial charge is 0.345 e. The Morgan fingerprint density at radius 2 is 2.11 bits per heavy atom. The molecule has 4 nitrogen and oxygen atoms in total. The zero-order valence-electron chi connectivity index (χ0n) is 11.4. The second kappa shape index (κ2) is 5.67. The molecule has 2 N–H and O–H groups in total. The van der Waals surface area contributed by atoms with Crippen molar-refractivity contribution in [2.24, 2.45) is 0 Å². The van der Waals surface area contributed by atoms with Gasteiger partial charge in [-0.1, -0.05) is 30.7 Å². The molecular formula is C14H18N2O2S. The van der Waals surface area contributed by atoms with Gasteiger partial charge in [0.2, 0.25) is 0 Å². The van der Waals surface area contributed by atoms with E-state index < -0.39 is 11.1 Å². The van der Waals surface area contributed by atoms with Crippen LogP contribution in [0.25, 0.3) is 11.3 Å². The molecule has 0 aliphatic rings. The van der Waals surface area contributed by atoms with Crippen LogP contribution >= 0.6 is 0 Å². The molecule has 2 rings (SSSR count). The van der Waals surface area contributed by atoms with Gasteiger partial charge >= 0.3 is 0 Å². The fourth-order valence-corrected chi connectivity index (χ4v) is 2.69. The Balaban J connectivity index is 2.55. The fraction of sp³-hybridized carbons (Fsp3) is 0.357. The van der Waals surface area contributed by atoms with Crippen LogP contribution < -0.4 is 0 Å². The third-order valence-corrected chi connectivity index (χ3v) is 3.60. The molecule has 1 unspecified atom stereocenters. The number of hydrogen-bond donors (Lipinski definition) is 2. The maximum Gasteiger partial charge on any atom is 0.158 e. The number of rotatable bonds is 4. The summed E-state index contributed by atoms with van der Waals surface area (Å²) in [4.78, 5) is 7.55. The summed E-state index contributed by atoms with van der Waals surface area (Å²) in [6.07, 6.45) is 0.907. The molecule has 0 bridgehead atoms. The molecule has 1 atom stereocenters. The standard InChI is InChI=1S/C14H18N2O2S/c1-4-11-7-9(2)5-6-12(11)14-13(8-19(17)18)15-10(3)16-14/h5-7H,4,8H2,1-3H3,(H,15,16)(H,17,18). The molecule has 0 aliphatic heterocycles. The molecule has 0 saturated carbocycles. The van der Waals surface area contributed by atoms with E-state index in [0.717, 1.165) is 29.2 Å². The van der Waals surface area contributed by atoms with Gasteiger partial charge in [0.25, 0.3) is 0 Å². The minimum absolute atomic E-state index is 0.0766. The highest BCUT2D eigenvalue weighted by Crippen LogP contribution is 2.27. The van der Waals surface area contributed by atoms with E-state index in [1.807, 2.05) is 19.1 Å². The number of aromatic amines is 1. The molecule has 102 valence electrons. The van der Waals surface area contributed by atoms with E-state index in [2.05, 4.69) is 29.9 Å². The van der Waals surface area contributed by atoms with Gasteiger partial charge in [-0.05, 0) is 25.8 Å². The number of benzene rings is 1. The third kappa shape index (κ3) is 3.11. The van der Waals surface area contributed by atoms with Crippen LogP contribution in [0.1, 0.15) is 29.6 Å². The van der Waals surface area contributed by atoms with Crippen LogP contribution in [0.2, 0.25) is 0 Å². The maximum atomic E-state index is 11.0. The summed E-state index contributed by atoms with van der Waals surface area (Å²) in [5.74, 6) is 0.839. The van der Waals surface area contributed by atoms with E-state index in [4.69, 9.17) is 4.55 Å². The quantitative estimate of drug-likeness (QED) is 0.845. The van der Waals surface area contributed by atoms with Crippen LogP contribution in [0, 0.1) is 13.8 Å². The number of nitrogens with one attached hydrogen (secondary N) is 1. The molecular weight excluding hydrogens is 260 g/mol. The van der Waals surface area contributed by atoms with Crippen molar-refractivity contribution in [2.45, 2.75) is 32.9 Å². The molecule has 19 heavy (non-hydrogen) atoms. The van der Waals surface area contributed by atoms with E-state index in [1.54, 1.807) is 0 Å². The van der Waals surface area contributed by atoms with Crippen LogP contribution in [-0.4, -0.2) is 18.7 Å². The summed E-state index contributed by atoms with van der Waals surface area (Å²) in [7, 11) is 0. The van der Waals surface area contributed by atoms with Crippen molar-refractivity contribution in [3.8, 4) is 11.3 Å². The molecule has 2 aromatic rings. The number of aromatic nitrogens is 2. The van der Waals surface area contributed by atoms with Gasteiger partial charge in [0.15, 0.2) is 11.1 Å². The molecule has 0 radical (unpaired) electrons. The molecule has 1 heterocycles. The van der Waals surface area contributed by atoms with Crippen LogP contribution in [0.4, 0.5) is 0 Å². The lowest BCUT2D eigenvalue weighted by Gasteiger charge is -2.08.